The molecule has 40 heavy (non-hydrogen) atoms. The summed E-state index contributed by atoms with van der Waals surface area (Å²) in [5.41, 5.74) is 4.28. The number of alkyl halides is 2. The maximum Gasteiger partial charge on any atom is 0.273 e. The summed E-state index contributed by atoms with van der Waals surface area (Å²) >= 11 is 1.45. The molecule has 8 heteroatoms. The summed E-state index contributed by atoms with van der Waals surface area (Å²) in [6, 6.07) is 14.4. The number of amides is 1. The third-order valence-corrected chi connectivity index (χ3v) is 9.62. The predicted molar refractivity (Wildman–Crippen MR) is 156 cm³/mol. The van der Waals surface area contributed by atoms with Crippen LogP contribution < -0.4 is 14.4 Å². The number of hydrogen-bond acceptors (Lipinski definition) is 5. The van der Waals surface area contributed by atoms with Gasteiger partial charge in [-0.05, 0) is 92.2 Å². The first-order chi connectivity index (χ1) is 19.3. The molecule has 0 unspecified atom stereocenters. The van der Waals surface area contributed by atoms with E-state index in [2.05, 4.69) is 30.1 Å². The molecule has 0 atom stereocenters. The van der Waals surface area contributed by atoms with Crippen LogP contribution in [0.4, 0.5) is 14.5 Å². The third-order valence-electron chi connectivity index (χ3n) is 8.61. The molecule has 1 heterocycles. The number of carbonyl (C=O) groups is 1. The van der Waals surface area contributed by atoms with Gasteiger partial charge in [0.15, 0.2) is 0 Å². The first kappa shape index (κ1) is 28.5. The van der Waals surface area contributed by atoms with Gasteiger partial charge in [-0.15, -0.1) is 0 Å². The topological polar surface area (TPSA) is 51.7 Å². The summed E-state index contributed by atoms with van der Waals surface area (Å²) in [7, 11) is 3.29. The van der Waals surface area contributed by atoms with Crippen LogP contribution in [0, 0.1) is 18.8 Å². The van der Waals surface area contributed by atoms with Gasteiger partial charge in [-0.3, -0.25) is 4.79 Å². The maximum atomic E-state index is 13.9. The van der Waals surface area contributed by atoms with Crippen molar-refractivity contribution < 1.29 is 23.0 Å². The first-order valence-corrected chi connectivity index (χ1v) is 15.0. The molecule has 0 spiro atoms. The smallest absolute Gasteiger partial charge is 0.273 e. The largest absolute Gasteiger partial charge is 0.496 e. The average molecular weight is 569 g/mol. The minimum Gasteiger partial charge on any atom is -0.496 e. The Balaban J connectivity index is 1.33. The zero-order chi connectivity index (χ0) is 28.3. The van der Waals surface area contributed by atoms with Crippen molar-refractivity contribution in [2.24, 2.45) is 11.8 Å². The first-order valence-electron chi connectivity index (χ1n) is 14.2. The number of anilines is 1. The number of thiazole rings is 1. The summed E-state index contributed by atoms with van der Waals surface area (Å²) < 4.78 is 38.5. The van der Waals surface area contributed by atoms with Crippen molar-refractivity contribution in [1.82, 2.24) is 4.98 Å². The molecule has 0 N–H and O–H groups in total. The second-order valence-corrected chi connectivity index (χ2v) is 12.3. The fraction of sp³-hybridized carbons (Fsp3) is 0.500. The highest BCUT2D eigenvalue weighted by atomic mass is 32.1. The molecular weight excluding hydrogens is 530 g/mol. The molecule has 2 fully saturated rings. The van der Waals surface area contributed by atoms with Crippen LogP contribution in [0.1, 0.15) is 68.4 Å². The Bertz CT molecular complexity index is 1310. The van der Waals surface area contributed by atoms with Gasteiger partial charge in [-0.2, -0.15) is 0 Å². The molecule has 2 aliphatic rings. The summed E-state index contributed by atoms with van der Waals surface area (Å²) in [5.74, 6) is -1.30. The lowest BCUT2D eigenvalue weighted by Gasteiger charge is -2.36. The minimum absolute atomic E-state index is 0.0255. The van der Waals surface area contributed by atoms with Crippen LogP contribution in [0.2, 0.25) is 0 Å². The molecule has 214 valence electrons. The van der Waals surface area contributed by atoms with Crippen LogP contribution in [-0.4, -0.2) is 37.6 Å². The molecule has 5 rings (SSSR count). The predicted octanol–water partition coefficient (Wildman–Crippen LogP) is 8.27. The number of rotatable bonds is 8. The fourth-order valence-corrected chi connectivity index (χ4v) is 6.96. The Hall–Kier alpha value is -3.00. The molecule has 0 radical (unpaired) electrons. The molecule has 0 aliphatic heterocycles. The zero-order valence-corrected chi connectivity index (χ0v) is 24.3. The normalized spacial score (nSPS) is 21.1. The lowest BCUT2D eigenvalue weighted by Crippen LogP contribution is -2.42. The molecule has 0 saturated heterocycles. The van der Waals surface area contributed by atoms with Crippen molar-refractivity contribution >= 4 is 22.9 Å². The van der Waals surface area contributed by atoms with Crippen LogP contribution >= 0.6 is 11.3 Å². The van der Waals surface area contributed by atoms with E-state index >= 15 is 0 Å². The summed E-state index contributed by atoms with van der Waals surface area (Å²) in [6.45, 7) is 2.69. The van der Waals surface area contributed by atoms with Crippen molar-refractivity contribution in [3.8, 4) is 21.4 Å². The van der Waals surface area contributed by atoms with Crippen LogP contribution in [0.25, 0.3) is 10.4 Å². The fourth-order valence-electron chi connectivity index (χ4n) is 6.24. The van der Waals surface area contributed by atoms with Crippen molar-refractivity contribution in [3.63, 3.8) is 0 Å². The molecule has 5 nitrogen and oxygen atoms in total. The van der Waals surface area contributed by atoms with Gasteiger partial charge in [0.25, 0.3) is 5.19 Å². The molecule has 1 amide bonds. The quantitative estimate of drug-likeness (QED) is 0.274. The van der Waals surface area contributed by atoms with Crippen molar-refractivity contribution in [3.05, 3.63) is 59.8 Å². The zero-order valence-electron chi connectivity index (χ0n) is 23.5. The van der Waals surface area contributed by atoms with E-state index in [1.165, 1.54) is 16.9 Å². The number of hydrogen-bond donors (Lipinski definition) is 0. The second-order valence-electron chi connectivity index (χ2n) is 11.3. The number of ether oxygens (including phenoxy) is 2. The van der Waals surface area contributed by atoms with Crippen LogP contribution in [0.3, 0.4) is 0 Å². The minimum atomic E-state index is -2.66. The van der Waals surface area contributed by atoms with Crippen LogP contribution in [0.15, 0.2) is 48.7 Å². The second kappa shape index (κ2) is 12.2. The van der Waals surface area contributed by atoms with E-state index in [0.717, 1.165) is 53.1 Å². The Morgan fingerprint density at radius 2 is 1.77 bits per heavy atom. The Morgan fingerprint density at radius 1 is 1.02 bits per heavy atom. The third kappa shape index (κ3) is 6.48. The van der Waals surface area contributed by atoms with E-state index in [1.807, 2.05) is 29.2 Å². The van der Waals surface area contributed by atoms with Gasteiger partial charge < -0.3 is 14.4 Å². The van der Waals surface area contributed by atoms with Gasteiger partial charge in [0, 0.05) is 37.2 Å². The molecule has 2 aromatic carbocycles. The number of methoxy groups -OCH3 is 2. The van der Waals surface area contributed by atoms with Gasteiger partial charge in [-0.1, -0.05) is 35.6 Å². The Labute approximate surface area is 239 Å². The Morgan fingerprint density at radius 3 is 2.42 bits per heavy atom. The van der Waals surface area contributed by atoms with Crippen molar-refractivity contribution in [1.29, 1.82) is 0 Å². The molecular formula is C32H38F2N2O3S. The highest BCUT2D eigenvalue weighted by Crippen LogP contribution is 2.41. The number of carbonyl (C=O) groups excluding carboxylic acids is 1. The standard InChI is InChI=1S/C32H38F2N2O3S/c1-21-17-25(11-12-28(21)38-2)23-9-7-22(8-10-23)20-36(30(37)24-13-15-32(33,34)16-14-24)27-6-4-5-26(18-27)29-19-35-31(39-3)40-29/h4-6,11-12,17-19,22-24H,7-10,13-16,20H2,1-3H3/t22-,23-. The molecule has 0 bridgehead atoms. The lowest BCUT2D eigenvalue weighted by atomic mass is 9.78. The van der Waals surface area contributed by atoms with Gasteiger partial charge in [0.1, 0.15) is 5.75 Å². The lowest BCUT2D eigenvalue weighted by molar-refractivity contribution is -0.126. The van der Waals surface area contributed by atoms with Gasteiger partial charge in [0.2, 0.25) is 11.8 Å². The van der Waals surface area contributed by atoms with E-state index in [9.17, 15) is 13.6 Å². The monoisotopic (exact) mass is 568 g/mol. The van der Waals surface area contributed by atoms with Crippen LogP contribution in [-0.2, 0) is 4.79 Å². The summed E-state index contributed by atoms with van der Waals surface area (Å²) in [4.78, 5) is 21.0. The Kier molecular flexibility index (Phi) is 8.74. The number of nitrogens with zero attached hydrogens (tertiary/aromatic N) is 2. The number of benzene rings is 2. The summed E-state index contributed by atoms with van der Waals surface area (Å²) in [5, 5.41) is 0.584. The average Bonchev–Trinajstić information content (AvgIpc) is 3.46. The number of aromatic nitrogens is 1. The molecule has 2 aliphatic carbocycles. The van der Waals surface area contributed by atoms with E-state index in [-0.39, 0.29) is 37.5 Å². The van der Waals surface area contributed by atoms with E-state index in [0.29, 0.717) is 23.6 Å². The SMILES string of the molecule is COc1ncc(-c2cccc(N(C[C@H]3CC[C@H](c4ccc(OC)c(C)c4)CC3)C(=O)C3CCC(F)(F)CC3)c2)s1. The van der Waals surface area contributed by atoms with Gasteiger partial charge >= 0.3 is 0 Å². The summed E-state index contributed by atoms with van der Waals surface area (Å²) in [6.07, 6.45) is 5.98. The van der Waals surface area contributed by atoms with Crippen molar-refractivity contribution in [2.45, 2.75) is 70.1 Å². The number of aryl methyl sites for hydroxylation is 1. The van der Waals surface area contributed by atoms with Crippen LogP contribution in [0.5, 0.6) is 10.9 Å². The maximum absolute atomic E-state index is 13.9. The van der Waals surface area contributed by atoms with Gasteiger partial charge in [-0.25, -0.2) is 13.8 Å². The van der Waals surface area contributed by atoms with E-state index in [1.54, 1.807) is 20.4 Å². The highest BCUT2D eigenvalue weighted by Gasteiger charge is 2.39. The van der Waals surface area contributed by atoms with E-state index < -0.39 is 5.92 Å². The highest BCUT2D eigenvalue weighted by molar-refractivity contribution is 7.16. The molecule has 1 aromatic heterocycles. The number of halogens is 2. The van der Waals surface area contributed by atoms with E-state index in [4.69, 9.17) is 9.47 Å². The van der Waals surface area contributed by atoms with Crippen molar-refractivity contribution in [2.75, 3.05) is 25.7 Å². The molecule has 3 aromatic rings. The van der Waals surface area contributed by atoms with Gasteiger partial charge in [0.05, 0.1) is 19.1 Å². The molecule has 2 saturated carbocycles.